The molecule has 0 spiro atoms. The van der Waals surface area contributed by atoms with Crippen LogP contribution in [0.25, 0.3) is 10.8 Å². The molecule has 0 radical (unpaired) electrons. The summed E-state index contributed by atoms with van der Waals surface area (Å²) in [4.78, 5) is 2.60. The lowest BCUT2D eigenvalue weighted by Crippen LogP contribution is -2.25. The van der Waals surface area contributed by atoms with Gasteiger partial charge in [0.25, 0.3) is 0 Å². The average molecular weight is 282 g/mol. The SMILES string of the molecule is COc1ccc2ccccc2c1CN1CC2CNCC2C1. The first-order valence-electron chi connectivity index (χ1n) is 7.83. The Hall–Kier alpha value is -1.58. The highest BCUT2D eigenvalue weighted by molar-refractivity contribution is 5.87. The molecule has 0 amide bonds. The quantitative estimate of drug-likeness (QED) is 0.936. The van der Waals surface area contributed by atoms with Gasteiger partial charge in [-0.3, -0.25) is 4.90 Å². The molecule has 1 N–H and O–H groups in total. The van der Waals surface area contributed by atoms with Gasteiger partial charge >= 0.3 is 0 Å². The molecule has 2 aromatic carbocycles. The van der Waals surface area contributed by atoms with E-state index in [2.05, 4.69) is 46.6 Å². The third-order valence-electron chi connectivity index (χ3n) is 5.06. The smallest absolute Gasteiger partial charge is 0.123 e. The van der Waals surface area contributed by atoms with E-state index in [-0.39, 0.29) is 0 Å². The Morgan fingerprint density at radius 3 is 2.62 bits per heavy atom. The average Bonchev–Trinajstić information content (AvgIpc) is 3.09. The number of nitrogens with zero attached hydrogens (tertiary/aromatic N) is 1. The van der Waals surface area contributed by atoms with Gasteiger partial charge in [-0.15, -0.1) is 0 Å². The summed E-state index contributed by atoms with van der Waals surface area (Å²) in [6, 6.07) is 12.9. The standard InChI is InChI=1S/C18H22N2O/c1-21-18-7-6-13-4-2-3-5-16(13)17(18)12-20-10-14-8-19-9-15(14)11-20/h2-7,14-15,19H,8-12H2,1H3. The Labute approximate surface area is 125 Å². The molecule has 110 valence electrons. The summed E-state index contributed by atoms with van der Waals surface area (Å²) in [6.07, 6.45) is 0. The number of likely N-dealkylation sites (tertiary alicyclic amines) is 1. The fourth-order valence-corrected chi connectivity index (χ4v) is 3.98. The zero-order valence-electron chi connectivity index (χ0n) is 12.5. The molecule has 2 fully saturated rings. The van der Waals surface area contributed by atoms with Crippen LogP contribution in [0, 0.1) is 11.8 Å². The summed E-state index contributed by atoms with van der Waals surface area (Å²) in [7, 11) is 1.77. The van der Waals surface area contributed by atoms with Gasteiger partial charge in [0.2, 0.25) is 0 Å². The Morgan fingerprint density at radius 2 is 1.86 bits per heavy atom. The molecule has 0 aliphatic carbocycles. The summed E-state index contributed by atoms with van der Waals surface area (Å²) in [5, 5.41) is 6.14. The number of hydrogen-bond donors (Lipinski definition) is 1. The van der Waals surface area contributed by atoms with Crippen LogP contribution in [-0.4, -0.2) is 38.2 Å². The lowest BCUT2D eigenvalue weighted by Gasteiger charge is -2.20. The van der Waals surface area contributed by atoms with Crippen molar-refractivity contribution >= 4 is 10.8 Å². The zero-order valence-corrected chi connectivity index (χ0v) is 12.5. The van der Waals surface area contributed by atoms with E-state index in [1.54, 1.807) is 7.11 Å². The van der Waals surface area contributed by atoms with E-state index in [1.165, 1.54) is 42.5 Å². The molecule has 21 heavy (non-hydrogen) atoms. The van der Waals surface area contributed by atoms with Crippen molar-refractivity contribution in [1.29, 1.82) is 0 Å². The van der Waals surface area contributed by atoms with Crippen LogP contribution in [0.15, 0.2) is 36.4 Å². The van der Waals surface area contributed by atoms with Crippen molar-refractivity contribution in [2.75, 3.05) is 33.3 Å². The first kappa shape index (κ1) is 13.1. The van der Waals surface area contributed by atoms with Crippen molar-refractivity contribution in [3.05, 3.63) is 42.0 Å². The van der Waals surface area contributed by atoms with Crippen LogP contribution in [0.5, 0.6) is 5.75 Å². The molecule has 0 saturated carbocycles. The van der Waals surface area contributed by atoms with E-state index in [0.29, 0.717) is 0 Å². The first-order valence-corrected chi connectivity index (χ1v) is 7.83. The van der Waals surface area contributed by atoms with Crippen molar-refractivity contribution in [2.24, 2.45) is 11.8 Å². The maximum Gasteiger partial charge on any atom is 0.123 e. The summed E-state index contributed by atoms with van der Waals surface area (Å²) in [6.45, 7) is 5.80. The Kier molecular flexibility index (Phi) is 3.32. The fraction of sp³-hybridized carbons (Fsp3) is 0.444. The number of ether oxygens (including phenoxy) is 1. The summed E-state index contributed by atoms with van der Waals surface area (Å²) in [5.74, 6) is 2.70. The molecule has 2 heterocycles. The van der Waals surface area contributed by atoms with Crippen molar-refractivity contribution in [2.45, 2.75) is 6.54 Å². The second-order valence-corrected chi connectivity index (χ2v) is 6.34. The fourth-order valence-electron chi connectivity index (χ4n) is 3.98. The van der Waals surface area contributed by atoms with Crippen molar-refractivity contribution < 1.29 is 4.74 Å². The molecule has 2 unspecified atom stereocenters. The van der Waals surface area contributed by atoms with Gasteiger partial charge in [0.15, 0.2) is 0 Å². The van der Waals surface area contributed by atoms with Gasteiger partial charge < -0.3 is 10.1 Å². The summed E-state index contributed by atoms with van der Waals surface area (Å²) in [5.41, 5.74) is 1.34. The highest BCUT2D eigenvalue weighted by Crippen LogP contribution is 2.33. The lowest BCUT2D eigenvalue weighted by atomic mass is 10.0. The minimum absolute atomic E-state index is 0.839. The topological polar surface area (TPSA) is 24.5 Å². The van der Waals surface area contributed by atoms with Gasteiger partial charge in [0.1, 0.15) is 5.75 Å². The van der Waals surface area contributed by atoms with Crippen LogP contribution in [0.3, 0.4) is 0 Å². The van der Waals surface area contributed by atoms with Gasteiger partial charge in [0, 0.05) is 25.2 Å². The molecule has 2 saturated heterocycles. The number of hydrogen-bond acceptors (Lipinski definition) is 3. The summed E-state index contributed by atoms with van der Waals surface area (Å²) >= 11 is 0. The minimum Gasteiger partial charge on any atom is -0.496 e. The second-order valence-electron chi connectivity index (χ2n) is 6.34. The van der Waals surface area contributed by atoms with Crippen LogP contribution in [-0.2, 0) is 6.54 Å². The Morgan fingerprint density at radius 1 is 1.10 bits per heavy atom. The van der Waals surface area contributed by atoms with E-state index in [1.807, 2.05) is 0 Å². The van der Waals surface area contributed by atoms with E-state index in [0.717, 1.165) is 24.1 Å². The van der Waals surface area contributed by atoms with Crippen LogP contribution in [0.2, 0.25) is 0 Å². The van der Waals surface area contributed by atoms with E-state index >= 15 is 0 Å². The monoisotopic (exact) mass is 282 g/mol. The predicted octanol–water partition coefficient (Wildman–Crippen LogP) is 2.50. The second kappa shape index (κ2) is 5.32. The van der Waals surface area contributed by atoms with Gasteiger partial charge in [-0.05, 0) is 41.8 Å². The van der Waals surface area contributed by atoms with Crippen molar-refractivity contribution in [3.63, 3.8) is 0 Å². The summed E-state index contributed by atoms with van der Waals surface area (Å²) < 4.78 is 5.62. The maximum absolute atomic E-state index is 5.62. The van der Waals surface area contributed by atoms with E-state index < -0.39 is 0 Å². The number of methoxy groups -OCH3 is 1. The minimum atomic E-state index is 0.839. The number of rotatable bonds is 3. The molecule has 3 nitrogen and oxygen atoms in total. The molecular formula is C18H22N2O. The van der Waals surface area contributed by atoms with Crippen LogP contribution >= 0.6 is 0 Å². The van der Waals surface area contributed by atoms with Gasteiger partial charge in [-0.2, -0.15) is 0 Å². The van der Waals surface area contributed by atoms with E-state index in [9.17, 15) is 0 Å². The van der Waals surface area contributed by atoms with Crippen LogP contribution in [0.4, 0.5) is 0 Å². The van der Waals surface area contributed by atoms with Crippen molar-refractivity contribution in [1.82, 2.24) is 10.2 Å². The molecule has 3 heteroatoms. The highest BCUT2D eigenvalue weighted by Gasteiger charge is 2.36. The number of fused-ring (bicyclic) bond motifs is 2. The Balaban J connectivity index is 1.66. The highest BCUT2D eigenvalue weighted by atomic mass is 16.5. The molecule has 4 rings (SSSR count). The van der Waals surface area contributed by atoms with Crippen LogP contribution < -0.4 is 10.1 Å². The molecule has 2 aromatic rings. The molecule has 2 atom stereocenters. The zero-order chi connectivity index (χ0) is 14.2. The maximum atomic E-state index is 5.62. The van der Waals surface area contributed by atoms with Gasteiger partial charge in [-0.1, -0.05) is 30.3 Å². The Bertz CT molecular complexity index is 643. The van der Waals surface area contributed by atoms with Gasteiger partial charge in [0.05, 0.1) is 7.11 Å². The molecule has 0 aromatic heterocycles. The number of nitrogens with one attached hydrogen (secondary N) is 1. The largest absolute Gasteiger partial charge is 0.496 e. The molecule has 2 aliphatic heterocycles. The lowest BCUT2D eigenvalue weighted by molar-refractivity contribution is 0.299. The first-order chi connectivity index (χ1) is 10.3. The van der Waals surface area contributed by atoms with Crippen molar-refractivity contribution in [3.8, 4) is 5.75 Å². The predicted molar refractivity (Wildman–Crippen MR) is 85.6 cm³/mol. The third-order valence-corrected chi connectivity index (χ3v) is 5.06. The molecular weight excluding hydrogens is 260 g/mol. The normalized spacial score (nSPS) is 25.4. The molecule has 0 bridgehead atoms. The third kappa shape index (κ3) is 2.30. The van der Waals surface area contributed by atoms with Gasteiger partial charge in [-0.25, -0.2) is 0 Å². The number of benzene rings is 2. The van der Waals surface area contributed by atoms with E-state index in [4.69, 9.17) is 4.74 Å². The molecule has 2 aliphatic rings. The van der Waals surface area contributed by atoms with Crippen LogP contribution in [0.1, 0.15) is 5.56 Å².